The summed E-state index contributed by atoms with van der Waals surface area (Å²) < 4.78 is 25.8. The fraction of sp³-hybridized carbons (Fsp3) is 0.923. The molecule has 1 aliphatic heterocycles. The van der Waals surface area contributed by atoms with Crippen LogP contribution in [-0.4, -0.2) is 41.6 Å². The van der Waals surface area contributed by atoms with E-state index in [1.165, 1.54) is 6.92 Å². The van der Waals surface area contributed by atoms with E-state index in [4.69, 9.17) is 0 Å². The van der Waals surface area contributed by atoms with Gasteiger partial charge in [0.2, 0.25) is 10.0 Å². The molecular formula is C13H21NO4S. The van der Waals surface area contributed by atoms with Gasteiger partial charge in [-0.3, -0.25) is 4.79 Å². The van der Waals surface area contributed by atoms with Gasteiger partial charge in [0.25, 0.3) is 5.91 Å². The predicted molar refractivity (Wildman–Crippen MR) is 69.7 cm³/mol. The summed E-state index contributed by atoms with van der Waals surface area (Å²) in [6.07, 6.45) is 1.42. The second kappa shape index (κ2) is 3.52. The zero-order valence-corrected chi connectivity index (χ0v) is 12.4. The van der Waals surface area contributed by atoms with E-state index in [-0.39, 0.29) is 22.6 Å². The van der Waals surface area contributed by atoms with Crippen LogP contribution in [0.25, 0.3) is 0 Å². The Morgan fingerprint density at radius 3 is 2.58 bits per heavy atom. The van der Waals surface area contributed by atoms with Crippen LogP contribution in [0.5, 0.6) is 0 Å². The smallest absolute Gasteiger partial charge is 0.264 e. The number of carbonyl (C=O) groups is 1. The van der Waals surface area contributed by atoms with E-state index < -0.39 is 22.0 Å². The average Bonchev–Trinajstić information content (AvgIpc) is 2.74. The van der Waals surface area contributed by atoms with Gasteiger partial charge in [-0.2, -0.15) is 0 Å². The van der Waals surface area contributed by atoms with Gasteiger partial charge in [0.1, 0.15) is 6.10 Å². The van der Waals surface area contributed by atoms with Crippen molar-refractivity contribution in [2.24, 2.45) is 16.7 Å². The van der Waals surface area contributed by atoms with Crippen molar-refractivity contribution in [1.82, 2.24) is 4.31 Å². The Kier molecular flexibility index (Phi) is 2.48. The van der Waals surface area contributed by atoms with Crippen LogP contribution >= 0.6 is 0 Å². The quantitative estimate of drug-likeness (QED) is 0.771. The minimum absolute atomic E-state index is 0.0432. The minimum atomic E-state index is -3.58. The van der Waals surface area contributed by atoms with Crippen molar-refractivity contribution >= 4 is 15.9 Å². The van der Waals surface area contributed by atoms with E-state index in [1.54, 1.807) is 0 Å². The lowest BCUT2D eigenvalue weighted by Gasteiger charge is -2.37. The second-order valence-corrected chi connectivity index (χ2v) is 8.78. The number of hydrogen-bond acceptors (Lipinski definition) is 4. The molecule has 5 nitrogen and oxygen atoms in total. The first kappa shape index (κ1) is 13.4. The van der Waals surface area contributed by atoms with E-state index in [9.17, 15) is 18.3 Å². The van der Waals surface area contributed by atoms with Crippen LogP contribution in [0.3, 0.4) is 0 Å². The zero-order valence-electron chi connectivity index (χ0n) is 11.6. The molecule has 0 radical (unpaired) electrons. The maximum Gasteiger partial charge on any atom is 0.264 e. The minimum Gasteiger partial charge on any atom is -0.384 e. The van der Waals surface area contributed by atoms with Crippen LogP contribution in [0.1, 0.15) is 40.0 Å². The van der Waals surface area contributed by atoms with Crippen LogP contribution in [0.2, 0.25) is 0 Å². The zero-order chi connectivity index (χ0) is 14.2. The number of fused-ring (bicyclic) bond motifs is 1. The summed E-state index contributed by atoms with van der Waals surface area (Å²) >= 11 is 0. The van der Waals surface area contributed by atoms with E-state index in [0.29, 0.717) is 5.92 Å². The van der Waals surface area contributed by atoms with Crippen molar-refractivity contribution in [2.45, 2.75) is 52.2 Å². The van der Waals surface area contributed by atoms with E-state index >= 15 is 0 Å². The first-order valence-electron chi connectivity index (χ1n) is 6.87. The van der Waals surface area contributed by atoms with Crippen LogP contribution in [0, 0.1) is 16.7 Å². The molecule has 1 heterocycles. The third-order valence-electron chi connectivity index (χ3n) is 5.99. The molecule has 1 spiro atoms. The van der Waals surface area contributed by atoms with Crippen molar-refractivity contribution in [3.8, 4) is 0 Å². The number of sulfonamides is 1. The number of amides is 1. The van der Waals surface area contributed by atoms with Crippen molar-refractivity contribution in [1.29, 1.82) is 0 Å². The topological polar surface area (TPSA) is 74.7 Å². The molecule has 108 valence electrons. The number of carbonyl (C=O) groups excluding carboxylic acids is 1. The normalized spacial score (nSPS) is 43.3. The van der Waals surface area contributed by atoms with Gasteiger partial charge >= 0.3 is 0 Å². The summed E-state index contributed by atoms with van der Waals surface area (Å²) in [6.45, 7) is 5.61. The molecule has 3 fully saturated rings. The summed E-state index contributed by atoms with van der Waals surface area (Å²) in [5, 5.41) is 9.48. The number of nitrogens with zero attached hydrogens (tertiary/aromatic N) is 1. The van der Waals surface area contributed by atoms with Gasteiger partial charge in [-0.05, 0) is 37.5 Å². The molecule has 2 bridgehead atoms. The molecule has 2 aliphatic carbocycles. The van der Waals surface area contributed by atoms with Crippen molar-refractivity contribution in [2.75, 3.05) is 5.75 Å². The highest BCUT2D eigenvalue weighted by Gasteiger charge is 2.72. The van der Waals surface area contributed by atoms with Crippen molar-refractivity contribution < 1.29 is 18.3 Å². The monoisotopic (exact) mass is 287 g/mol. The maximum atomic E-state index is 12.4. The molecule has 0 aromatic heterocycles. The van der Waals surface area contributed by atoms with Crippen LogP contribution < -0.4 is 0 Å². The van der Waals surface area contributed by atoms with E-state index in [0.717, 1.165) is 23.6 Å². The Balaban J connectivity index is 2.09. The molecule has 6 heteroatoms. The first-order chi connectivity index (χ1) is 8.63. The fourth-order valence-corrected chi connectivity index (χ4v) is 7.36. The van der Waals surface area contributed by atoms with Gasteiger partial charge in [0, 0.05) is 5.41 Å². The van der Waals surface area contributed by atoms with Gasteiger partial charge in [-0.15, -0.1) is 0 Å². The Morgan fingerprint density at radius 2 is 2.05 bits per heavy atom. The van der Waals surface area contributed by atoms with Crippen LogP contribution in [-0.2, 0) is 14.8 Å². The highest BCUT2D eigenvalue weighted by molar-refractivity contribution is 7.90. The van der Waals surface area contributed by atoms with Gasteiger partial charge in [-0.1, -0.05) is 13.8 Å². The maximum absolute atomic E-state index is 12.4. The van der Waals surface area contributed by atoms with Crippen LogP contribution in [0.4, 0.5) is 0 Å². The fourth-order valence-electron chi connectivity index (χ4n) is 4.76. The molecule has 0 unspecified atom stereocenters. The summed E-state index contributed by atoms with van der Waals surface area (Å²) in [5.41, 5.74) is -0.348. The molecular weight excluding hydrogens is 266 g/mol. The summed E-state index contributed by atoms with van der Waals surface area (Å²) in [6, 6.07) is -0.242. The summed E-state index contributed by atoms with van der Waals surface area (Å²) in [4.78, 5) is 12.1. The number of aliphatic hydroxyl groups excluding tert-OH is 1. The molecule has 3 aliphatic rings. The number of aliphatic hydroxyl groups is 1. The number of rotatable bonds is 1. The summed E-state index contributed by atoms with van der Waals surface area (Å²) in [5.74, 6) is -0.116. The SMILES string of the molecule is C[C@@H](O)C(=O)N1[C@@H]2C[C@@H]3CC[C@]2(CS1(=O)=O)C3(C)C. The van der Waals surface area contributed by atoms with Crippen molar-refractivity contribution in [3.63, 3.8) is 0 Å². The Morgan fingerprint density at radius 1 is 1.42 bits per heavy atom. The largest absolute Gasteiger partial charge is 0.384 e. The first-order valence-corrected chi connectivity index (χ1v) is 8.48. The molecule has 1 amide bonds. The lowest BCUT2D eigenvalue weighted by molar-refractivity contribution is -0.136. The Hall–Kier alpha value is -0.620. The van der Waals surface area contributed by atoms with E-state index in [1.807, 2.05) is 0 Å². The van der Waals surface area contributed by atoms with Crippen LogP contribution in [0.15, 0.2) is 0 Å². The van der Waals surface area contributed by atoms with E-state index in [2.05, 4.69) is 13.8 Å². The molecule has 19 heavy (non-hydrogen) atoms. The molecule has 0 aromatic carbocycles. The van der Waals surface area contributed by atoms with Gasteiger partial charge < -0.3 is 5.11 Å². The van der Waals surface area contributed by atoms with Gasteiger partial charge in [0.05, 0.1) is 11.8 Å². The molecule has 1 N–H and O–H groups in total. The van der Waals surface area contributed by atoms with Crippen molar-refractivity contribution in [3.05, 3.63) is 0 Å². The number of hydrogen-bond donors (Lipinski definition) is 1. The highest BCUT2D eigenvalue weighted by Crippen LogP contribution is 2.69. The van der Waals surface area contributed by atoms with Gasteiger partial charge in [0.15, 0.2) is 0 Å². The molecule has 4 atom stereocenters. The second-order valence-electron chi connectivity index (χ2n) is 6.93. The molecule has 0 aromatic rings. The molecule has 3 rings (SSSR count). The Bertz CT molecular complexity index is 539. The Labute approximate surface area is 114 Å². The predicted octanol–water partition coefficient (Wildman–Crippen LogP) is 0.734. The third-order valence-corrected chi connectivity index (χ3v) is 7.90. The third kappa shape index (κ3) is 1.39. The standard InChI is InChI=1S/C13H21NO4S/c1-8(15)11(16)14-10-6-9-4-5-13(10,12(9,2)3)7-19(14,17)18/h8-10,15H,4-7H2,1-3H3/t8-,9+,10-,13-/m1/s1. The van der Waals surface area contributed by atoms with Gasteiger partial charge in [-0.25, -0.2) is 12.7 Å². The lowest BCUT2D eigenvalue weighted by atomic mass is 9.69. The molecule has 2 saturated carbocycles. The average molecular weight is 287 g/mol. The highest BCUT2D eigenvalue weighted by atomic mass is 32.2. The lowest BCUT2D eigenvalue weighted by Crippen LogP contribution is -2.47. The summed E-state index contributed by atoms with van der Waals surface area (Å²) in [7, 11) is -3.58. The molecule has 1 saturated heterocycles.